The number of furan rings is 1. The van der Waals surface area contributed by atoms with Crippen molar-refractivity contribution in [3.8, 4) is 17.1 Å². The first-order valence-electron chi connectivity index (χ1n) is 8.55. The van der Waals surface area contributed by atoms with E-state index < -0.39 is 23.6 Å². The summed E-state index contributed by atoms with van der Waals surface area (Å²) in [6, 6.07) is 11.1. The molecule has 3 heterocycles. The topological polar surface area (TPSA) is 73.0 Å². The molecule has 0 spiro atoms. The van der Waals surface area contributed by atoms with Crippen molar-refractivity contribution in [3.63, 3.8) is 0 Å². The van der Waals surface area contributed by atoms with Crippen LogP contribution in [-0.2, 0) is 6.18 Å². The molecule has 152 valence electrons. The Labute approximate surface area is 166 Å². The lowest BCUT2D eigenvalue weighted by molar-refractivity contribution is -0.141. The second-order valence-corrected chi connectivity index (χ2v) is 6.16. The van der Waals surface area contributed by atoms with E-state index in [4.69, 9.17) is 4.42 Å². The normalized spacial score (nSPS) is 11.5. The van der Waals surface area contributed by atoms with Gasteiger partial charge < -0.3 is 9.73 Å². The Hall–Kier alpha value is -3.95. The molecule has 0 atom stereocenters. The summed E-state index contributed by atoms with van der Waals surface area (Å²) < 4.78 is 59.4. The molecule has 0 saturated heterocycles. The van der Waals surface area contributed by atoms with Crippen LogP contribution in [0, 0.1) is 5.82 Å². The average molecular weight is 416 g/mol. The molecule has 0 unspecified atom stereocenters. The lowest BCUT2D eigenvalue weighted by Gasteiger charge is -2.09. The molecule has 4 rings (SSSR count). The Morgan fingerprint density at radius 1 is 1.10 bits per heavy atom. The van der Waals surface area contributed by atoms with Crippen molar-refractivity contribution in [1.29, 1.82) is 0 Å². The van der Waals surface area contributed by atoms with Gasteiger partial charge in [0, 0.05) is 18.0 Å². The summed E-state index contributed by atoms with van der Waals surface area (Å²) in [5, 5.41) is 6.16. The van der Waals surface area contributed by atoms with Gasteiger partial charge in [0.15, 0.2) is 17.3 Å². The van der Waals surface area contributed by atoms with Gasteiger partial charge in [0.1, 0.15) is 5.69 Å². The number of alkyl halides is 3. The Bertz CT molecular complexity index is 1180. The fourth-order valence-electron chi connectivity index (χ4n) is 2.76. The number of halogens is 4. The molecule has 3 aromatic heterocycles. The van der Waals surface area contributed by atoms with Crippen LogP contribution in [0.5, 0.6) is 0 Å². The van der Waals surface area contributed by atoms with E-state index in [0.29, 0.717) is 11.4 Å². The van der Waals surface area contributed by atoms with Crippen molar-refractivity contribution >= 4 is 11.6 Å². The highest BCUT2D eigenvalue weighted by atomic mass is 19.4. The molecule has 1 N–H and O–H groups in total. The first-order valence-corrected chi connectivity index (χ1v) is 8.55. The maximum absolute atomic E-state index is 13.7. The van der Waals surface area contributed by atoms with E-state index in [2.05, 4.69) is 15.4 Å². The van der Waals surface area contributed by atoms with Crippen molar-refractivity contribution < 1.29 is 26.8 Å². The molecule has 0 aliphatic rings. The van der Waals surface area contributed by atoms with Gasteiger partial charge in [-0.25, -0.2) is 9.07 Å². The maximum atomic E-state index is 13.7. The number of anilines is 1. The Kier molecular flexibility index (Phi) is 4.82. The molecule has 0 saturated carbocycles. The van der Waals surface area contributed by atoms with Crippen molar-refractivity contribution in [1.82, 2.24) is 14.8 Å². The molecule has 0 bridgehead atoms. The molecule has 1 amide bonds. The van der Waals surface area contributed by atoms with Crippen molar-refractivity contribution in [2.75, 3.05) is 5.32 Å². The summed E-state index contributed by atoms with van der Waals surface area (Å²) in [6.45, 7) is 0. The van der Waals surface area contributed by atoms with Crippen LogP contribution in [0.3, 0.4) is 0 Å². The Morgan fingerprint density at radius 3 is 2.50 bits per heavy atom. The molecular formula is C20H12F4N4O2. The molecule has 4 aromatic rings. The van der Waals surface area contributed by atoms with Crippen LogP contribution in [0.1, 0.15) is 16.1 Å². The molecule has 10 heteroatoms. The fourth-order valence-corrected chi connectivity index (χ4v) is 2.76. The summed E-state index contributed by atoms with van der Waals surface area (Å²) in [4.78, 5) is 15.8. The van der Waals surface area contributed by atoms with Gasteiger partial charge in [0.25, 0.3) is 5.91 Å². The predicted molar refractivity (Wildman–Crippen MR) is 98.4 cm³/mol. The smallest absolute Gasteiger partial charge is 0.435 e. The molecule has 0 aliphatic carbocycles. The quantitative estimate of drug-likeness (QED) is 0.479. The van der Waals surface area contributed by atoms with Crippen LogP contribution < -0.4 is 5.32 Å². The highest BCUT2D eigenvalue weighted by molar-refractivity contribution is 6.04. The highest BCUT2D eigenvalue weighted by Crippen LogP contribution is 2.33. The van der Waals surface area contributed by atoms with E-state index in [1.165, 1.54) is 48.9 Å². The monoisotopic (exact) mass is 416 g/mol. The third kappa shape index (κ3) is 3.79. The Balaban J connectivity index is 1.64. The molecule has 1 aromatic carbocycles. The SMILES string of the molecule is O=C(Nc1ccc(-n2nc(C(F)(F)F)cc2-c2ccco2)cc1)c1ccncc1F. The largest absolute Gasteiger partial charge is 0.463 e. The van der Waals surface area contributed by atoms with Gasteiger partial charge in [-0.05, 0) is 42.5 Å². The number of carbonyl (C=O) groups excluding carboxylic acids is 1. The number of nitrogens with one attached hydrogen (secondary N) is 1. The van der Waals surface area contributed by atoms with Crippen LogP contribution in [0.4, 0.5) is 23.2 Å². The van der Waals surface area contributed by atoms with Crippen molar-refractivity contribution in [2.45, 2.75) is 6.18 Å². The van der Waals surface area contributed by atoms with E-state index >= 15 is 0 Å². The minimum absolute atomic E-state index is 0.114. The minimum atomic E-state index is -4.63. The molecule has 0 aliphatic heterocycles. The molecule has 0 fully saturated rings. The molecule has 6 nitrogen and oxygen atoms in total. The summed E-state index contributed by atoms with van der Waals surface area (Å²) in [5.74, 6) is -1.24. The predicted octanol–water partition coefficient (Wildman–Crippen LogP) is 4.94. The molecule has 30 heavy (non-hydrogen) atoms. The number of hydrogen-bond acceptors (Lipinski definition) is 4. The van der Waals surface area contributed by atoms with E-state index in [0.717, 1.165) is 16.9 Å². The Morgan fingerprint density at radius 2 is 1.87 bits per heavy atom. The average Bonchev–Trinajstić information content (AvgIpc) is 3.38. The van der Waals surface area contributed by atoms with Gasteiger partial charge in [-0.1, -0.05) is 0 Å². The number of pyridine rings is 1. The summed E-state index contributed by atoms with van der Waals surface area (Å²) in [7, 11) is 0. The van der Waals surface area contributed by atoms with E-state index in [1.54, 1.807) is 6.07 Å². The van der Waals surface area contributed by atoms with Crippen molar-refractivity contribution in [3.05, 3.63) is 84.3 Å². The fraction of sp³-hybridized carbons (Fsp3) is 0.0500. The second kappa shape index (κ2) is 7.47. The minimum Gasteiger partial charge on any atom is -0.463 e. The number of nitrogens with zero attached hydrogens (tertiary/aromatic N) is 3. The van der Waals surface area contributed by atoms with E-state index in [9.17, 15) is 22.4 Å². The van der Waals surface area contributed by atoms with Gasteiger partial charge in [-0.2, -0.15) is 18.3 Å². The number of carbonyl (C=O) groups is 1. The lowest BCUT2D eigenvalue weighted by atomic mass is 10.2. The van der Waals surface area contributed by atoms with Gasteiger partial charge in [0.05, 0.1) is 23.7 Å². The van der Waals surface area contributed by atoms with E-state index in [-0.39, 0.29) is 17.0 Å². The number of amides is 1. The van der Waals surface area contributed by atoms with Crippen LogP contribution in [-0.4, -0.2) is 20.7 Å². The van der Waals surface area contributed by atoms with Crippen LogP contribution in [0.15, 0.2) is 71.6 Å². The number of rotatable bonds is 4. The van der Waals surface area contributed by atoms with Gasteiger partial charge in [-0.15, -0.1) is 0 Å². The first-order chi connectivity index (χ1) is 14.3. The maximum Gasteiger partial charge on any atom is 0.435 e. The zero-order valence-electron chi connectivity index (χ0n) is 15.0. The molecular weight excluding hydrogens is 404 g/mol. The summed E-state index contributed by atoms with van der Waals surface area (Å²) in [6.07, 6.45) is -1.08. The van der Waals surface area contributed by atoms with Crippen LogP contribution >= 0.6 is 0 Å². The van der Waals surface area contributed by atoms with Gasteiger partial charge >= 0.3 is 6.18 Å². The van der Waals surface area contributed by atoms with Crippen molar-refractivity contribution in [2.24, 2.45) is 0 Å². The zero-order chi connectivity index (χ0) is 21.3. The van der Waals surface area contributed by atoms with Crippen LogP contribution in [0.2, 0.25) is 0 Å². The standard InChI is InChI=1S/C20H12F4N4O2/c21-15-11-25-8-7-14(15)19(29)26-12-3-5-13(6-4-12)28-16(17-2-1-9-30-17)10-18(27-28)20(22,23)24/h1-11H,(H,26,29). The molecule has 0 radical (unpaired) electrons. The first kappa shape index (κ1) is 19.4. The second-order valence-electron chi connectivity index (χ2n) is 6.16. The number of aromatic nitrogens is 3. The van der Waals surface area contributed by atoms with Gasteiger partial charge in [0.2, 0.25) is 0 Å². The summed E-state index contributed by atoms with van der Waals surface area (Å²) in [5.41, 5.74) is -0.508. The third-order valence-corrected chi connectivity index (χ3v) is 4.16. The van der Waals surface area contributed by atoms with Gasteiger partial charge in [-0.3, -0.25) is 9.78 Å². The lowest BCUT2D eigenvalue weighted by Crippen LogP contribution is -2.14. The summed E-state index contributed by atoms with van der Waals surface area (Å²) >= 11 is 0. The highest BCUT2D eigenvalue weighted by Gasteiger charge is 2.35. The van der Waals surface area contributed by atoms with E-state index in [1.807, 2.05) is 0 Å². The zero-order valence-corrected chi connectivity index (χ0v) is 15.0. The number of hydrogen-bond donors (Lipinski definition) is 1. The third-order valence-electron chi connectivity index (χ3n) is 4.16. The number of benzene rings is 1. The van der Waals surface area contributed by atoms with Crippen LogP contribution in [0.25, 0.3) is 17.1 Å².